The normalized spacial score (nSPS) is 13.5. The van der Waals surface area contributed by atoms with Crippen molar-refractivity contribution in [1.82, 2.24) is 15.1 Å². The first-order valence-electron chi connectivity index (χ1n) is 24.7. The van der Waals surface area contributed by atoms with Crippen LogP contribution in [0.1, 0.15) is 120 Å². The van der Waals surface area contributed by atoms with E-state index in [0.717, 1.165) is 11.1 Å². The minimum absolute atomic E-state index is 0.0164. The maximum atomic E-state index is 15.5. The number of hydrogen-bond donors (Lipinski definition) is 2. The van der Waals surface area contributed by atoms with Gasteiger partial charge in [-0.15, -0.1) is 0 Å². The van der Waals surface area contributed by atoms with E-state index in [0.29, 0.717) is 63.7 Å². The molecular weight excluding hydrogens is 957 g/mol. The van der Waals surface area contributed by atoms with Crippen LogP contribution in [0, 0.1) is 0 Å². The molecule has 0 fully saturated rings. The number of carbonyl (C=O) groups is 1. The largest absolute Gasteiger partial charge is 0.467 e. The molecule has 2 aromatic rings. The molecule has 1 amide bonds. The quantitative estimate of drug-likeness (QED) is 0.0369. The van der Waals surface area contributed by atoms with Crippen LogP contribution in [-0.4, -0.2) is 149 Å². The lowest BCUT2D eigenvalue weighted by atomic mass is 10.1. The van der Waals surface area contributed by atoms with Gasteiger partial charge in [-0.3, -0.25) is 23.7 Å². The molecule has 20 heteroatoms. The van der Waals surface area contributed by atoms with Gasteiger partial charge in [0.15, 0.2) is 13.6 Å². The summed E-state index contributed by atoms with van der Waals surface area (Å²) in [6.45, 7) is 25.0. The highest BCUT2D eigenvalue weighted by Crippen LogP contribution is 2.57. The molecule has 0 aliphatic carbocycles. The molecule has 71 heavy (non-hydrogen) atoms. The molecule has 0 saturated heterocycles. The van der Waals surface area contributed by atoms with Crippen molar-refractivity contribution in [3.05, 3.63) is 59.7 Å². The lowest BCUT2D eigenvalue weighted by molar-refractivity contribution is -0.122. The molecule has 2 aromatic carbocycles. The van der Waals surface area contributed by atoms with E-state index < -0.39 is 43.6 Å². The highest BCUT2D eigenvalue weighted by Gasteiger charge is 2.41. The topological polar surface area (TPSA) is 191 Å². The van der Waals surface area contributed by atoms with Gasteiger partial charge in [0.2, 0.25) is 5.91 Å². The minimum Gasteiger partial charge on any atom is -0.467 e. The summed E-state index contributed by atoms with van der Waals surface area (Å²) in [4.78, 5) is 16.9. The Labute approximate surface area is 426 Å². The summed E-state index contributed by atoms with van der Waals surface area (Å²) >= 11 is 0. The molecule has 0 aliphatic heterocycles. The van der Waals surface area contributed by atoms with Gasteiger partial charge in [-0.2, -0.15) is 0 Å². The van der Waals surface area contributed by atoms with E-state index in [9.17, 15) is 4.79 Å². The molecule has 0 aliphatic rings. The molecule has 0 unspecified atom stereocenters. The summed E-state index contributed by atoms with van der Waals surface area (Å²) in [5, 5.41) is 12.0. The van der Waals surface area contributed by atoms with E-state index in [1.807, 2.05) is 137 Å². The Morgan fingerprint density at radius 1 is 0.606 bits per heavy atom. The average molecular weight is 1050 g/mol. The van der Waals surface area contributed by atoms with Crippen LogP contribution in [-0.2, 0) is 68.8 Å². The Morgan fingerprint density at radius 2 is 1.07 bits per heavy atom. The van der Waals surface area contributed by atoms with Gasteiger partial charge in [-0.05, 0) is 108 Å². The monoisotopic (exact) mass is 1050 g/mol. The van der Waals surface area contributed by atoms with E-state index in [1.165, 1.54) is 0 Å². The molecule has 0 bridgehead atoms. The predicted octanol–water partition coefficient (Wildman–Crippen LogP) is 9.61. The number of para-hydroxylation sites is 2. The Hall–Kier alpha value is -2.51. The second-order valence-electron chi connectivity index (χ2n) is 21.2. The first-order valence-corrected chi connectivity index (χ1v) is 28.1. The molecule has 0 heterocycles. The molecule has 0 saturated carbocycles. The number of aliphatic hydroxyl groups is 1. The number of nitrogens with one attached hydrogen (secondary N) is 1. The number of ether oxygens (including phenoxy) is 7. The number of benzene rings is 2. The number of unbranched alkanes of at least 4 members (excludes halogenated alkanes) is 1. The van der Waals surface area contributed by atoms with Crippen LogP contribution in [0.15, 0.2) is 48.5 Å². The van der Waals surface area contributed by atoms with Crippen molar-refractivity contribution in [2.75, 3.05) is 99.7 Å². The van der Waals surface area contributed by atoms with Crippen LogP contribution in [0.5, 0.6) is 11.5 Å². The number of carbonyl (C=O) groups excluding carboxylic acids is 1. The van der Waals surface area contributed by atoms with Crippen LogP contribution in [0.25, 0.3) is 0 Å². The minimum atomic E-state index is -3.97. The summed E-state index contributed by atoms with van der Waals surface area (Å²) in [5.41, 5.74) is -1.81. The van der Waals surface area contributed by atoms with Gasteiger partial charge in [0.1, 0.15) is 24.1 Å². The van der Waals surface area contributed by atoms with Gasteiger partial charge in [-0.1, -0.05) is 42.8 Å². The van der Waals surface area contributed by atoms with Crippen LogP contribution in [0.2, 0.25) is 0 Å². The lowest BCUT2D eigenvalue weighted by Gasteiger charge is -2.41. The zero-order chi connectivity index (χ0) is 53.2. The van der Waals surface area contributed by atoms with Crippen molar-refractivity contribution in [1.29, 1.82) is 0 Å². The fourth-order valence-electron chi connectivity index (χ4n) is 7.22. The Morgan fingerprint density at radius 3 is 1.54 bits per heavy atom. The molecule has 0 radical (unpaired) electrons. The molecule has 18 nitrogen and oxygen atoms in total. The number of methoxy groups -OCH3 is 2. The highest BCUT2D eigenvalue weighted by molar-refractivity contribution is 7.54. The van der Waals surface area contributed by atoms with Crippen LogP contribution in [0.3, 0.4) is 0 Å². The molecule has 0 spiro atoms. The average Bonchev–Trinajstić information content (AvgIpc) is 3.22. The maximum absolute atomic E-state index is 15.5. The molecule has 0 aromatic heterocycles. The summed E-state index contributed by atoms with van der Waals surface area (Å²) in [5.74, 6) is 0.984. The number of aliphatic hydroxyl groups excluding tert-OH is 1. The second kappa shape index (κ2) is 32.0. The maximum Gasteiger partial charge on any atom is 0.345 e. The number of amides is 1. The standard InChI is InChI=1S/C51H91N3O15P2/c1-48(2,3)66-70(57,67-49(4,5)6)38-53(35-42-21-15-17-24-45(42)64-40-62-33-31-59-13)37-44(23-19-20-27-52-47(56)26-29-61-30-28-55)54(39-71(58,68-50(7,8)9)69-51(10,11)12)36-43-22-16-18-25-46(43)65-41-63-34-32-60-14/h15-18,21-22,24-25,44,55H,19-20,23,26-41H2,1-14H3,(H,52,56)/t44-/m0/s1. The van der Waals surface area contributed by atoms with E-state index in [4.69, 9.17) is 56.4 Å². The number of rotatable bonds is 37. The summed E-state index contributed by atoms with van der Waals surface area (Å²) in [6, 6.07) is 14.8. The Balaban J connectivity index is 2.88. The van der Waals surface area contributed by atoms with Crippen molar-refractivity contribution in [3.8, 4) is 11.5 Å². The molecule has 2 N–H and O–H groups in total. The first-order chi connectivity index (χ1) is 33.2. The second-order valence-corrected chi connectivity index (χ2v) is 24.9. The van der Waals surface area contributed by atoms with Crippen molar-refractivity contribution < 1.29 is 70.3 Å². The van der Waals surface area contributed by atoms with E-state index in [2.05, 4.69) is 10.2 Å². The highest BCUT2D eigenvalue weighted by atomic mass is 31.2. The van der Waals surface area contributed by atoms with Crippen molar-refractivity contribution in [2.24, 2.45) is 0 Å². The zero-order valence-electron chi connectivity index (χ0n) is 45.6. The SMILES string of the molecule is COCCOCOc1ccccc1CN(C[C@H](CCCCNC(=O)CCOCCO)N(Cc1ccccc1OCOCCOC)CP(=O)(OC(C)(C)C)OC(C)(C)C)CP(=O)(OC(C)(C)C)OC(C)(C)C. The summed E-state index contributed by atoms with van der Waals surface area (Å²) < 4.78 is 95.9. The number of nitrogens with zero attached hydrogens (tertiary/aromatic N) is 2. The van der Waals surface area contributed by atoms with Crippen molar-refractivity contribution in [2.45, 2.75) is 150 Å². The molecule has 2 rings (SSSR count). The van der Waals surface area contributed by atoms with Gasteiger partial charge >= 0.3 is 15.2 Å². The van der Waals surface area contributed by atoms with Gasteiger partial charge in [0.25, 0.3) is 0 Å². The van der Waals surface area contributed by atoms with Crippen LogP contribution >= 0.6 is 15.2 Å². The third-order valence-electron chi connectivity index (χ3n) is 9.53. The third-order valence-corrected chi connectivity index (χ3v) is 14.3. The van der Waals surface area contributed by atoms with Crippen LogP contribution < -0.4 is 14.8 Å². The molecular formula is C51H91N3O15P2. The van der Waals surface area contributed by atoms with Crippen LogP contribution in [0.4, 0.5) is 0 Å². The third kappa shape index (κ3) is 30.5. The van der Waals surface area contributed by atoms with Gasteiger partial charge in [0.05, 0.1) is 68.7 Å². The zero-order valence-corrected chi connectivity index (χ0v) is 47.4. The first kappa shape index (κ1) is 64.6. The van der Waals surface area contributed by atoms with Gasteiger partial charge < -0.3 is 61.7 Å². The van der Waals surface area contributed by atoms with Gasteiger partial charge in [0, 0.05) is 64.0 Å². The van der Waals surface area contributed by atoms with E-state index in [-0.39, 0.29) is 77.9 Å². The van der Waals surface area contributed by atoms with Gasteiger partial charge in [-0.25, -0.2) is 0 Å². The smallest absolute Gasteiger partial charge is 0.345 e. The Kier molecular flexibility index (Phi) is 29.2. The fourth-order valence-corrected chi connectivity index (χ4v) is 12.3. The summed E-state index contributed by atoms with van der Waals surface area (Å²) in [7, 11) is -4.70. The van der Waals surface area contributed by atoms with Crippen molar-refractivity contribution >= 4 is 21.1 Å². The lowest BCUT2D eigenvalue weighted by Crippen LogP contribution is -2.45. The molecule has 410 valence electrons. The van der Waals surface area contributed by atoms with Crippen molar-refractivity contribution in [3.63, 3.8) is 0 Å². The van der Waals surface area contributed by atoms with E-state index >= 15 is 9.13 Å². The molecule has 1 atom stereocenters. The summed E-state index contributed by atoms with van der Waals surface area (Å²) in [6.07, 6.45) is 1.68. The van der Waals surface area contributed by atoms with E-state index in [1.54, 1.807) is 14.2 Å². The number of hydrogen-bond acceptors (Lipinski definition) is 17. The predicted molar refractivity (Wildman–Crippen MR) is 277 cm³/mol. The fraction of sp³-hybridized carbons (Fsp3) is 0.745. The Bertz CT molecular complexity index is 1840.